The Morgan fingerprint density at radius 1 is 1.03 bits per heavy atom. The van der Waals surface area contributed by atoms with Gasteiger partial charge in [-0.2, -0.15) is 0 Å². The Kier molecular flexibility index (Phi) is 8.57. The number of carbonyl (C=O) groups is 2. The third kappa shape index (κ3) is 5.84. The number of hydrogen-bond donors (Lipinski definition) is 2. The van der Waals surface area contributed by atoms with Crippen molar-refractivity contribution < 1.29 is 38.7 Å². The van der Waals surface area contributed by atoms with Crippen molar-refractivity contribution in [1.82, 2.24) is 0 Å². The van der Waals surface area contributed by atoms with Gasteiger partial charge in [-0.25, -0.2) is 0 Å². The molecular formula is C27H32O8S2. The number of rotatable bonds is 11. The van der Waals surface area contributed by atoms with Crippen LogP contribution >= 0.6 is 23.5 Å². The molecular weight excluding hydrogens is 516 g/mol. The quantitative estimate of drug-likeness (QED) is 0.204. The SMILES string of the molecule is CSCOC[C@H](C[C@@]1(Cc2cc(O)c3c(c2O)C(=O)c2ccccc2C3=O)COC(C)(C)O1)OCSC. The Labute approximate surface area is 225 Å². The summed E-state index contributed by atoms with van der Waals surface area (Å²) >= 11 is 3.11. The number of phenolic OH excluding ortho intramolecular Hbond substituents is 2. The van der Waals surface area contributed by atoms with Gasteiger partial charge in [-0.1, -0.05) is 24.3 Å². The average Bonchev–Trinajstić information content (AvgIpc) is 3.16. The summed E-state index contributed by atoms with van der Waals surface area (Å²) in [6, 6.07) is 7.73. The predicted octanol–water partition coefficient (Wildman–Crippen LogP) is 4.37. The maximum Gasteiger partial charge on any atom is 0.198 e. The van der Waals surface area contributed by atoms with Crippen LogP contribution in [0.1, 0.15) is 57.7 Å². The van der Waals surface area contributed by atoms with E-state index in [1.54, 1.807) is 55.6 Å². The van der Waals surface area contributed by atoms with Crippen LogP contribution in [0, 0.1) is 0 Å². The predicted molar refractivity (Wildman–Crippen MR) is 143 cm³/mol. The molecule has 2 aliphatic rings. The van der Waals surface area contributed by atoms with Crippen molar-refractivity contribution in [3.63, 3.8) is 0 Å². The molecule has 1 heterocycles. The molecule has 1 fully saturated rings. The Morgan fingerprint density at radius 2 is 1.68 bits per heavy atom. The van der Waals surface area contributed by atoms with Gasteiger partial charge in [0.05, 0.1) is 42.3 Å². The topological polar surface area (TPSA) is 112 Å². The number of phenols is 2. The zero-order valence-electron chi connectivity index (χ0n) is 21.4. The van der Waals surface area contributed by atoms with E-state index in [2.05, 4.69) is 0 Å². The summed E-state index contributed by atoms with van der Waals surface area (Å²) in [6.45, 7) is 4.16. The van der Waals surface area contributed by atoms with Gasteiger partial charge >= 0.3 is 0 Å². The van der Waals surface area contributed by atoms with E-state index in [1.165, 1.54) is 12.1 Å². The molecule has 0 radical (unpaired) electrons. The van der Waals surface area contributed by atoms with E-state index < -0.39 is 23.0 Å². The number of ether oxygens (including phenoxy) is 4. The van der Waals surface area contributed by atoms with Gasteiger partial charge in [0, 0.05) is 29.5 Å². The maximum atomic E-state index is 13.3. The lowest BCUT2D eigenvalue weighted by Crippen LogP contribution is -2.42. The minimum atomic E-state index is -0.937. The van der Waals surface area contributed by atoms with Crippen LogP contribution in [0.3, 0.4) is 0 Å². The maximum absolute atomic E-state index is 13.3. The molecule has 2 aromatic rings. The molecule has 37 heavy (non-hydrogen) atoms. The molecule has 0 unspecified atom stereocenters. The highest BCUT2D eigenvalue weighted by molar-refractivity contribution is 7.98. The van der Waals surface area contributed by atoms with E-state index in [4.69, 9.17) is 18.9 Å². The molecule has 4 rings (SSSR count). The molecule has 0 saturated carbocycles. The first-order valence-electron chi connectivity index (χ1n) is 11.9. The molecule has 200 valence electrons. The van der Waals surface area contributed by atoms with Gasteiger partial charge in [0.25, 0.3) is 0 Å². The number of thioether (sulfide) groups is 2. The van der Waals surface area contributed by atoms with Gasteiger partial charge in [0.15, 0.2) is 17.4 Å². The number of benzene rings is 2. The van der Waals surface area contributed by atoms with E-state index in [0.717, 1.165) is 0 Å². The van der Waals surface area contributed by atoms with Crippen molar-refractivity contribution >= 4 is 35.1 Å². The Bertz CT molecular complexity index is 1180. The van der Waals surface area contributed by atoms with Gasteiger partial charge in [-0.05, 0) is 32.4 Å². The molecule has 0 bridgehead atoms. The Morgan fingerprint density at radius 3 is 2.27 bits per heavy atom. The van der Waals surface area contributed by atoms with Gasteiger partial charge in [0.1, 0.15) is 17.1 Å². The second-order valence-corrected chi connectivity index (χ2v) is 11.3. The van der Waals surface area contributed by atoms with Crippen LogP contribution in [0.5, 0.6) is 11.5 Å². The Hall–Kier alpha value is -2.08. The summed E-state index contributed by atoms with van der Waals surface area (Å²) in [5, 5.41) is 22.2. The third-order valence-corrected chi connectivity index (χ3v) is 7.19. The van der Waals surface area contributed by atoms with Crippen molar-refractivity contribution in [1.29, 1.82) is 0 Å². The highest BCUT2D eigenvalue weighted by Crippen LogP contribution is 2.44. The highest BCUT2D eigenvalue weighted by atomic mass is 32.2. The number of aromatic hydroxyl groups is 2. The first-order chi connectivity index (χ1) is 17.6. The minimum absolute atomic E-state index is 0.119. The summed E-state index contributed by atoms with van der Waals surface area (Å²) in [6.07, 6.45) is 4.08. The van der Waals surface area contributed by atoms with E-state index >= 15 is 0 Å². The lowest BCUT2D eigenvalue weighted by atomic mass is 9.80. The summed E-state index contributed by atoms with van der Waals surface area (Å²) in [5.74, 6) is -1.61. The van der Waals surface area contributed by atoms with Crippen molar-refractivity contribution in [2.24, 2.45) is 0 Å². The number of carbonyl (C=O) groups excluding carboxylic acids is 2. The number of hydrogen-bond acceptors (Lipinski definition) is 10. The van der Waals surface area contributed by atoms with Crippen LogP contribution < -0.4 is 0 Å². The molecule has 2 aromatic carbocycles. The van der Waals surface area contributed by atoms with E-state index in [1.807, 2.05) is 12.5 Å². The second kappa shape index (κ2) is 11.3. The zero-order chi connectivity index (χ0) is 26.8. The van der Waals surface area contributed by atoms with Gasteiger partial charge in [-0.15, -0.1) is 23.5 Å². The summed E-state index contributed by atoms with van der Waals surface area (Å²) < 4.78 is 24.1. The van der Waals surface area contributed by atoms with Gasteiger partial charge < -0.3 is 29.2 Å². The van der Waals surface area contributed by atoms with Crippen LogP contribution in [0.25, 0.3) is 0 Å². The first-order valence-corrected chi connectivity index (χ1v) is 14.7. The van der Waals surface area contributed by atoms with Crippen molar-refractivity contribution in [2.45, 2.75) is 44.2 Å². The van der Waals surface area contributed by atoms with E-state index in [-0.39, 0.29) is 58.4 Å². The zero-order valence-corrected chi connectivity index (χ0v) is 23.0. The monoisotopic (exact) mass is 548 g/mol. The first kappa shape index (κ1) is 27.9. The van der Waals surface area contributed by atoms with Crippen LogP contribution in [-0.2, 0) is 25.4 Å². The second-order valence-electron chi connectivity index (χ2n) is 9.68. The van der Waals surface area contributed by atoms with Crippen molar-refractivity contribution in [3.05, 3.63) is 58.1 Å². The van der Waals surface area contributed by atoms with Crippen LogP contribution in [0.4, 0.5) is 0 Å². The average molecular weight is 549 g/mol. The molecule has 1 aliphatic heterocycles. The molecule has 2 N–H and O–H groups in total. The summed E-state index contributed by atoms with van der Waals surface area (Å²) in [4.78, 5) is 26.4. The fourth-order valence-electron chi connectivity index (χ4n) is 4.95. The lowest BCUT2D eigenvalue weighted by molar-refractivity contribution is -0.170. The summed E-state index contributed by atoms with van der Waals surface area (Å²) in [7, 11) is 0. The fraction of sp³-hybridized carbons (Fsp3) is 0.481. The minimum Gasteiger partial charge on any atom is -0.507 e. The number of ketones is 2. The smallest absolute Gasteiger partial charge is 0.198 e. The van der Waals surface area contributed by atoms with Gasteiger partial charge in [0.2, 0.25) is 0 Å². The van der Waals surface area contributed by atoms with E-state index in [0.29, 0.717) is 24.9 Å². The molecule has 10 heteroatoms. The van der Waals surface area contributed by atoms with Crippen molar-refractivity contribution in [2.75, 3.05) is 37.6 Å². The largest absolute Gasteiger partial charge is 0.507 e. The van der Waals surface area contributed by atoms with Crippen LogP contribution in [-0.4, -0.2) is 76.9 Å². The molecule has 1 aliphatic carbocycles. The highest BCUT2D eigenvalue weighted by Gasteiger charge is 2.48. The van der Waals surface area contributed by atoms with E-state index in [9.17, 15) is 19.8 Å². The number of fused-ring (bicyclic) bond motifs is 2. The molecule has 8 nitrogen and oxygen atoms in total. The lowest BCUT2D eigenvalue weighted by Gasteiger charge is -2.33. The molecule has 0 spiro atoms. The van der Waals surface area contributed by atoms with Crippen LogP contribution in [0.2, 0.25) is 0 Å². The fourth-order valence-corrected chi connectivity index (χ4v) is 5.54. The Balaban J connectivity index is 1.70. The summed E-state index contributed by atoms with van der Waals surface area (Å²) in [5.41, 5.74) is -0.633. The molecule has 0 amide bonds. The van der Waals surface area contributed by atoms with Gasteiger partial charge in [-0.3, -0.25) is 9.59 Å². The molecule has 2 atom stereocenters. The molecule has 1 saturated heterocycles. The van der Waals surface area contributed by atoms with Crippen molar-refractivity contribution in [3.8, 4) is 11.5 Å². The molecule has 0 aromatic heterocycles. The normalized spacial score (nSPS) is 21.1. The van der Waals surface area contributed by atoms with Crippen LogP contribution in [0.15, 0.2) is 30.3 Å². The standard InChI is InChI=1S/C27H32O8S2/c1-26(2)34-13-27(35-26,11-17(33-15-37-4)12-32-14-36-3)10-16-9-20(28)21-22(23(16)29)25(31)19-8-6-5-7-18(19)24(21)30/h5-9,17,28-29H,10-15H2,1-4H3/t17-,27-/m0/s1. The third-order valence-electron chi connectivity index (χ3n) is 6.41.